The molecule has 0 aromatic heterocycles. The smallest absolute Gasteiger partial charge is 0.303 e. The summed E-state index contributed by atoms with van der Waals surface area (Å²) in [4.78, 5) is 39.3. The van der Waals surface area contributed by atoms with Crippen molar-refractivity contribution in [3.8, 4) is 0 Å². The SMILES string of the molecule is N=C(N)c1ccc(CNCC(=O)[C@@H]2CCCN2C(=O)[C@@H](CC2CCCCC2)NCCCC(=O)O)cc1. The van der Waals surface area contributed by atoms with Crippen LogP contribution in [-0.2, 0) is 20.9 Å². The number of amides is 1. The van der Waals surface area contributed by atoms with Gasteiger partial charge in [0.2, 0.25) is 5.91 Å². The highest BCUT2D eigenvalue weighted by Crippen LogP contribution is 2.29. The molecule has 36 heavy (non-hydrogen) atoms. The van der Waals surface area contributed by atoms with E-state index in [4.69, 9.17) is 16.2 Å². The maximum absolute atomic E-state index is 13.6. The number of hydrogen-bond acceptors (Lipinski definition) is 6. The standard InChI is InChI=1S/C27H41N5O4/c28-26(29)21-12-10-20(11-13-21)17-30-18-24(33)23-8-5-15-32(23)27(36)22(31-14-4-9-25(34)35)16-19-6-2-1-3-7-19/h10-13,19,22-23,30-31H,1-9,14-18H2,(H3,28,29)(H,34,35)/t22-,23+/m1/s1. The zero-order chi connectivity index (χ0) is 25.9. The summed E-state index contributed by atoms with van der Waals surface area (Å²) in [7, 11) is 0. The minimum atomic E-state index is -0.834. The summed E-state index contributed by atoms with van der Waals surface area (Å²) in [6.07, 6.45) is 8.67. The van der Waals surface area contributed by atoms with Crippen molar-refractivity contribution in [1.29, 1.82) is 5.41 Å². The Labute approximate surface area is 213 Å². The number of carboxylic acids is 1. The van der Waals surface area contributed by atoms with Crippen LogP contribution in [0, 0.1) is 11.3 Å². The van der Waals surface area contributed by atoms with Gasteiger partial charge in [-0.15, -0.1) is 0 Å². The van der Waals surface area contributed by atoms with Crippen LogP contribution in [0.15, 0.2) is 24.3 Å². The zero-order valence-electron chi connectivity index (χ0n) is 21.1. The van der Waals surface area contributed by atoms with Gasteiger partial charge in [0.25, 0.3) is 0 Å². The summed E-state index contributed by atoms with van der Waals surface area (Å²) >= 11 is 0. The summed E-state index contributed by atoms with van der Waals surface area (Å²) in [5.74, 6) is -0.323. The number of carbonyl (C=O) groups excluding carboxylic acids is 2. The number of nitrogens with one attached hydrogen (secondary N) is 3. The fourth-order valence-corrected chi connectivity index (χ4v) is 5.36. The molecule has 198 valence electrons. The van der Waals surface area contributed by atoms with E-state index in [9.17, 15) is 14.4 Å². The van der Waals surface area contributed by atoms with E-state index in [0.717, 1.165) is 31.2 Å². The van der Waals surface area contributed by atoms with Crippen LogP contribution in [0.3, 0.4) is 0 Å². The van der Waals surface area contributed by atoms with Gasteiger partial charge < -0.3 is 26.4 Å². The second kappa shape index (κ2) is 14.1. The number of carboxylic acid groups (broad SMARTS) is 1. The highest BCUT2D eigenvalue weighted by atomic mass is 16.4. The first-order valence-corrected chi connectivity index (χ1v) is 13.3. The maximum atomic E-state index is 13.6. The number of amidine groups is 1. The molecule has 2 aliphatic rings. The Hall–Kier alpha value is -2.78. The van der Waals surface area contributed by atoms with Crippen molar-refractivity contribution in [2.45, 2.75) is 82.8 Å². The number of benzene rings is 1. The second-order valence-electron chi connectivity index (χ2n) is 10.1. The van der Waals surface area contributed by atoms with Gasteiger partial charge in [-0.05, 0) is 43.7 Å². The molecule has 1 aromatic carbocycles. The van der Waals surface area contributed by atoms with Crippen LogP contribution in [0.2, 0.25) is 0 Å². The lowest BCUT2D eigenvalue weighted by Crippen LogP contribution is -2.52. The molecular weight excluding hydrogens is 458 g/mol. The number of Topliss-reactive ketones (excluding diaryl/α,β-unsaturated/α-hetero) is 1. The van der Waals surface area contributed by atoms with E-state index in [2.05, 4.69) is 10.6 Å². The van der Waals surface area contributed by atoms with Gasteiger partial charge in [0, 0.05) is 25.1 Å². The van der Waals surface area contributed by atoms with E-state index < -0.39 is 12.0 Å². The molecule has 9 nitrogen and oxygen atoms in total. The van der Waals surface area contributed by atoms with E-state index >= 15 is 0 Å². The summed E-state index contributed by atoms with van der Waals surface area (Å²) in [6.45, 7) is 1.76. The average molecular weight is 500 g/mol. The number of nitrogens with zero attached hydrogens (tertiary/aromatic N) is 1. The quantitative estimate of drug-likeness (QED) is 0.150. The number of ketones is 1. The number of hydrogen-bond donors (Lipinski definition) is 5. The first kappa shape index (κ1) is 27.8. The summed E-state index contributed by atoms with van der Waals surface area (Å²) < 4.78 is 0. The van der Waals surface area contributed by atoms with E-state index in [1.807, 2.05) is 12.1 Å². The van der Waals surface area contributed by atoms with Crippen LogP contribution in [0.4, 0.5) is 0 Å². The van der Waals surface area contributed by atoms with Crippen LogP contribution in [-0.4, -0.2) is 65.2 Å². The highest BCUT2D eigenvalue weighted by Gasteiger charge is 2.37. The number of nitrogen functional groups attached to an aromatic ring is 1. The third-order valence-electron chi connectivity index (χ3n) is 7.35. The Morgan fingerprint density at radius 2 is 1.81 bits per heavy atom. The second-order valence-corrected chi connectivity index (χ2v) is 10.1. The predicted molar refractivity (Wildman–Crippen MR) is 139 cm³/mol. The van der Waals surface area contributed by atoms with Crippen molar-refractivity contribution in [3.63, 3.8) is 0 Å². The molecule has 2 atom stereocenters. The van der Waals surface area contributed by atoms with Gasteiger partial charge in [-0.25, -0.2) is 0 Å². The first-order valence-electron chi connectivity index (χ1n) is 13.3. The third-order valence-corrected chi connectivity index (χ3v) is 7.35. The lowest BCUT2D eigenvalue weighted by Gasteiger charge is -2.32. The maximum Gasteiger partial charge on any atom is 0.303 e. The van der Waals surface area contributed by atoms with Crippen molar-refractivity contribution in [2.75, 3.05) is 19.6 Å². The van der Waals surface area contributed by atoms with Crippen LogP contribution in [0.5, 0.6) is 0 Å². The zero-order valence-corrected chi connectivity index (χ0v) is 21.1. The van der Waals surface area contributed by atoms with Crippen molar-refractivity contribution in [3.05, 3.63) is 35.4 Å². The minimum Gasteiger partial charge on any atom is -0.481 e. The average Bonchev–Trinajstić information content (AvgIpc) is 3.36. The largest absolute Gasteiger partial charge is 0.481 e. The van der Waals surface area contributed by atoms with Gasteiger partial charge in [-0.2, -0.15) is 0 Å². The Morgan fingerprint density at radius 1 is 1.08 bits per heavy atom. The molecule has 1 aromatic rings. The van der Waals surface area contributed by atoms with Crippen molar-refractivity contribution >= 4 is 23.5 Å². The topological polar surface area (TPSA) is 149 Å². The van der Waals surface area contributed by atoms with E-state index in [1.54, 1.807) is 17.0 Å². The molecule has 0 spiro atoms. The van der Waals surface area contributed by atoms with Crippen LogP contribution >= 0.6 is 0 Å². The van der Waals surface area contributed by atoms with Gasteiger partial charge in [-0.3, -0.25) is 19.8 Å². The summed E-state index contributed by atoms with van der Waals surface area (Å²) in [5, 5.41) is 22.9. The number of aliphatic carboxylic acids is 1. The molecule has 1 aliphatic heterocycles. The predicted octanol–water partition coefficient (Wildman–Crippen LogP) is 2.41. The monoisotopic (exact) mass is 499 g/mol. The Bertz CT molecular complexity index is 898. The molecular formula is C27H41N5O4. The lowest BCUT2D eigenvalue weighted by atomic mass is 9.84. The Kier molecular flexibility index (Phi) is 10.9. The third kappa shape index (κ3) is 8.41. The van der Waals surface area contributed by atoms with Crippen LogP contribution in [0.25, 0.3) is 0 Å². The summed E-state index contributed by atoms with van der Waals surface area (Å²) in [6, 6.07) is 6.54. The van der Waals surface area contributed by atoms with Gasteiger partial charge in [0.15, 0.2) is 5.78 Å². The minimum absolute atomic E-state index is 0.0171. The van der Waals surface area contributed by atoms with Gasteiger partial charge in [-0.1, -0.05) is 56.4 Å². The molecule has 1 aliphatic carbocycles. The van der Waals surface area contributed by atoms with E-state index in [1.165, 1.54) is 19.3 Å². The molecule has 1 amide bonds. The normalized spacial score (nSPS) is 19.2. The van der Waals surface area contributed by atoms with Crippen molar-refractivity contribution < 1.29 is 19.5 Å². The molecule has 1 heterocycles. The molecule has 0 unspecified atom stereocenters. The molecule has 0 bridgehead atoms. The first-order chi connectivity index (χ1) is 17.3. The van der Waals surface area contributed by atoms with E-state index in [-0.39, 0.29) is 36.5 Å². The molecule has 0 radical (unpaired) electrons. The molecule has 2 fully saturated rings. The summed E-state index contributed by atoms with van der Waals surface area (Å²) in [5.41, 5.74) is 7.15. The lowest BCUT2D eigenvalue weighted by molar-refractivity contribution is -0.139. The molecule has 6 N–H and O–H groups in total. The highest BCUT2D eigenvalue weighted by molar-refractivity contribution is 5.95. The Morgan fingerprint density at radius 3 is 2.47 bits per heavy atom. The Balaban J connectivity index is 1.55. The fraction of sp³-hybridized carbons (Fsp3) is 0.630. The van der Waals surface area contributed by atoms with E-state index in [0.29, 0.717) is 44.0 Å². The molecule has 9 heteroatoms. The number of rotatable bonds is 14. The molecule has 1 saturated carbocycles. The van der Waals surface area contributed by atoms with Gasteiger partial charge in [0.1, 0.15) is 5.84 Å². The van der Waals surface area contributed by atoms with Crippen molar-refractivity contribution in [1.82, 2.24) is 15.5 Å². The van der Waals surface area contributed by atoms with Crippen LogP contribution < -0.4 is 16.4 Å². The molecule has 1 saturated heterocycles. The fourth-order valence-electron chi connectivity index (χ4n) is 5.36. The molecule has 3 rings (SSSR count). The van der Waals surface area contributed by atoms with Gasteiger partial charge in [0.05, 0.1) is 18.6 Å². The number of nitrogens with two attached hydrogens (primary N) is 1. The number of likely N-dealkylation sites (tertiary alicyclic amines) is 1. The number of carbonyl (C=O) groups is 3. The van der Waals surface area contributed by atoms with Crippen molar-refractivity contribution in [2.24, 2.45) is 11.7 Å². The van der Waals surface area contributed by atoms with Gasteiger partial charge >= 0.3 is 5.97 Å². The van der Waals surface area contributed by atoms with Crippen LogP contribution in [0.1, 0.15) is 75.3 Å².